The van der Waals surface area contributed by atoms with Crippen LogP contribution in [0, 0.1) is 0 Å². The van der Waals surface area contributed by atoms with Crippen LogP contribution in [-0.2, 0) is 12.8 Å². The summed E-state index contributed by atoms with van der Waals surface area (Å²) in [6, 6.07) is 31.7. The molecule has 0 radical (unpaired) electrons. The molecule has 3 rings (SSSR count). The summed E-state index contributed by atoms with van der Waals surface area (Å²) in [5.41, 5.74) is 2.90. The van der Waals surface area contributed by atoms with E-state index >= 15 is 0 Å². The van der Waals surface area contributed by atoms with Gasteiger partial charge in [0.1, 0.15) is 0 Å². The molecule has 0 amide bonds. The van der Waals surface area contributed by atoms with Crippen LogP contribution in [0.5, 0.6) is 0 Å². The van der Waals surface area contributed by atoms with E-state index in [4.69, 9.17) is 0 Å². The Morgan fingerprint density at radius 1 is 0.633 bits per heavy atom. The first kappa shape index (κ1) is 22.5. The van der Waals surface area contributed by atoms with E-state index in [1.807, 2.05) is 6.08 Å². The standard InChI is InChI=1S/C29H37P/c1-3-4-15-26-21-23-27(24-22-26)16-9-5-6-14-25-30(2,28-17-10-7-11-18-28)29-19-12-8-13-20-29/h3,7-8,10-13,17-24,30H,1,4-6,9,14-16,25H2,2H3. The van der Waals surface area contributed by atoms with Crippen molar-refractivity contribution < 1.29 is 0 Å². The van der Waals surface area contributed by atoms with Crippen molar-refractivity contribution in [1.82, 2.24) is 0 Å². The molecule has 0 spiro atoms. The quantitative estimate of drug-likeness (QED) is 0.170. The molecule has 0 bridgehead atoms. The Labute approximate surface area is 184 Å². The van der Waals surface area contributed by atoms with Crippen LogP contribution in [0.1, 0.15) is 43.2 Å². The molecule has 0 aliphatic carbocycles. The van der Waals surface area contributed by atoms with Crippen LogP contribution in [0.4, 0.5) is 0 Å². The van der Waals surface area contributed by atoms with Crippen LogP contribution in [0.25, 0.3) is 0 Å². The molecule has 0 saturated heterocycles. The number of benzene rings is 3. The van der Waals surface area contributed by atoms with Gasteiger partial charge >= 0.3 is 172 Å². The second-order valence-corrected chi connectivity index (χ2v) is 12.9. The van der Waals surface area contributed by atoms with Gasteiger partial charge in [0.05, 0.1) is 0 Å². The van der Waals surface area contributed by atoms with E-state index < -0.39 is 7.26 Å². The number of unbranched alkanes of at least 4 members (excludes halogenated alkanes) is 3. The fourth-order valence-electron chi connectivity index (χ4n) is 4.37. The Morgan fingerprint density at radius 3 is 1.67 bits per heavy atom. The third-order valence-electron chi connectivity index (χ3n) is 6.37. The molecule has 0 atom stereocenters. The van der Waals surface area contributed by atoms with Gasteiger partial charge in [-0.3, -0.25) is 0 Å². The van der Waals surface area contributed by atoms with Gasteiger partial charge in [-0.2, -0.15) is 0 Å². The summed E-state index contributed by atoms with van der Waals surface area (Å²) in [7, 11) is -1.65. The van der Waals surface area contributed by atoms with Crippen molar-refractivity contribution in [3.8, 4) is 0 Å². The van der Waals surface area contributed by atoms with Crippen LogP contribution < -0.4 is 10.6 Å². The zero-order chi connectivity index (χ0) is 21.1. The number of hydrogen-bond donors (Lipinski definition) is 0. The maximum absolute atomic E-state index is 3.81. The fraction of sp³-hybridized carbons (Fsp3) is 0.310. The van der Waals surface area contributed by atoms with Crippen LogP contribution in [0.2, 0.25) is 0 Å². The predicted molar refractivity (Wildman–Crippen MR) is 138 cm³/mol. The average Bonchev–Trinajstić information content (AvgIpc) is 2.81. The molecule has 3 aromatic carbocycles. The van der Waals surface area contributed by atoms with Crippen molar-refractivity contribution in [2.75, 3.05) is 12.8 Å². The minimum atomic E-state index is -1.65. The average molecular weight is 417 g/mol. The zero-order valence-corrected chi connectivity index (χ0v) is 19.5. The number of aryl methyl sites for hydroxylation is 2. The number of allylic oxidation sites excluding steroid dienone is 1. The molecular formula is C29H37P. The molecule has 0 saturated carbocycles. The third kappa shape index (κ3) is 6.41. The van der Waals surface area contributed by atoms with Gasteiger partial charge in [-0.25, -0.2) is 0 Å². The topological polar surface area (TPSA) is 0 Å². The minimum absolute atomic E-state index is 1.06. The van der Waals surface area contributed by atoms with Gasteiger partial charge in [-0.05, 0) is 0 Å². The van der Waals surface area contributed by atoms with Gasteiger partial charge in [-0.15, -0.1) is 6.58 Å². The summed E-state index contributed by atoms with van der Waals surface area (Å²) < 4.78 is 0. The summed E-state index contributed by atoms with van der Waals surface area (Å²) in [5.74, 6) is 0. The molecule has 0 aromatic heterocycles. The van der Waals surface area contributed by atoms with Crippen LogP contribution in [0.3, 0.4) is 0 Å². The Hall–Kier alpha value is -2.17. The monoisotopic (exact) mass is 416 g/mol. The van der Waals surface area contributed by atoms with E-state index in [2.05, 4.69) is 98.2 Å². The summed E-state index contributed by atoms with van der Waals surface area (Å²) >= 11 is 0. The summed E-state index contributed by atoms with van der Waals surface area (Å²) in [4.78, 5) is 0. The first-order valence-electron chi connectivity index (χ1n) is 11.5. The molecule has 1 heteroatoms. The van der Waals surface area contributed by atoms with Crippen molar-refractivity contribution in [3.05, 3.63) is 109 Å². The Balaban J connectivity index is 1.47. The van der Waals surface area contributed by atoms with E-state index in [9.17, 15) is 0 Å². The Morgan fingerprint density at radius 2 is 1.13 bits per heavy atom. The van der Waals surface area contributed by atoms with E-state index in [1.54, 1.807) is 10.6 Å². The van der Waals surface area contributed by atoms with Crippen molar-refractivity contribution in [2.24, 2.45) is 0 Å². The molecule has 0 nitrogen and oxygen atoms in total. The molecule has 158 valence electrons. The van der Waals surface area contributed by atoms with E-state index in [-0.39, 0.29) is 0 Å². The molecule has 3 aromatic rings. The molecule has 0 aliphatic heterocycles. The van der Waals surface area contributed by atoms with Crippen LogP contribution in [0.15, 0.2) is 97.6 Å². The van der Waals surface area contributed by atoms with E-state index in [0.717, 1.165) is 12.8 Å². The van der Waals surface area contributed by atoms with Crippen molar-refractivity contribution in [1.29, 1.82) is 0 Å². The molecule has 30 heavy (non-hydrogen) atoms. The number of rotatable bonds is 12. The first-order chi connectivity index (χ1) is 14.7. The van der Waals surface area contributed by atoms with Gasteiger partial charge in [0.15, 0.2) is 0 Å². The molecule has 0 aliphatic rings. The normalized spacial score (nSPS) is 11.9. The summed E-state index contributed by atoms with van der Waals surface area (Å²) in [5, 5.41) is 3.13. The predicted octanol–water partition coefficient (Wildman–Crippen LogP) is 6.94. The van der Waals surface area contributed by atoms with Gasteiger partial charge in [0, 0.05) is 0 Å². The summed E-state index contributed by atoms with van der Waals surface area (Å²) in [6.07, 6.45) is 12.0. The molecular weight excluding hydrogens is 379 g/mol. The SMILES string of the molecule is C=CCCc1ccc(CCCCCC[PH](C)(c2ccccc2)c2ccccc2)cc1. The van der Waals surface area contributed by atoms with E-state index in [0.29, 0.717) is 0 Å². The molecule has 0 fully saturated rings. The maximum atomic E-state index is 3.81. The Kier molecular flexibility index (Phi) is 8.91. The second-order valence-electron chi connectivity index (χ2n) is 8.62. The van der Waals surface area contributed by atoms with Gasteiger partial charge in [0.2, 0.25) is 0 Å². The molecule has 0 heterocycles. The van der Waals surface area contributed by atoms with Gasteiger partial charge in [-0.1, -0.05) is 6.08 Å². The van der Waals surface area contributed by atoms with Crippen LogP contribution >= 0.6 is 7.26 Å². The molecule has 0 N–H and O–H groups in total. The Bertz CT molecular complexity index is 826. The summed E-state index contributed by atoms with van der Waals surface area (Å²) in [6.45, 7) is 6.36. The fourth-order valence-corrected chi connectivity index (χ4v) is 8.09. The first-order valence-corrected chi connectivity index (χ1v) is 14.2. The van der Waals surface area contributed by atoms with Crippen molar-refractivity contribution in [2.45, 2.75) is 44.9 Å². The number of hydrogen-bond acceptors (Lipinski definition) is 0. The van der Waals surface area contributed by atoms with Crippen molar-refractivity contribution >= 4 is 17.9 Å². The van der Waals surface area contributed by atoms with Gasteiger partial charge < -0.3 is 0 Å². The zero-order valence-electron chi connectivity index (χ0n) is 18.5. The third-order valence-corrected chi connectivity index (χ3v) is 10.9. The van der Waals surface area contributed by atoms with E-state index in [1.165, 1.54) is 49.4 Å². The van der Waals surface area contributed by atoms with Gasteiger partial charge in [0.25, 0.3) is 0 Å². The van der Waals surface area contributed by atoms with Crippen molar-refractivity contribution in [3.63, 3.8) is 0 Å². The van der Waals surface area contributed by atoms with Crippen LogP contribution in [-0.4, -0.2) is 12.8 Å². The molecule has 0 unspecified atom stereocenters. The second kappa shape index (κ2) is 11.9.